The smallest absolute Gasteiger partial charge is 0.309 e. The summed E-state index contributed by atoms with van der Waals surface area (Å²) in [6, 6.07) is 9.26. The SMILES string of the molecule is CC1(C)OC(O)[C@@H]([C@H](Cc2ccccc2)C(=O)O)O1. The van der Waals surface area contributed by atoms with Gasteiger partial charge in [0.15, 0.2) is 12.1 Å². The Hall–Kier alpha value is -1.43. The molecule has 5 nitrogen and oxygen atoms in total. The highest BCUT2D eigenvalue weighted by atomic mass is 16.8. The first-order valence-corrected chi connectivity index (χ1v) is 6.19. The first kappa shape index (κ1) is 14.0. The number of hydrogen-bond acceptors (Lipinski definition) is 4. The van der Waals surface area contributed by atoms with Gasteiger partial charge in [-0.3, -0.25) is 4.79 Å². The molecule has 0 spiro atoms. The van der Waals surface area contributed by atoms with Gasteiger partial charge < -0.3 is 19.7 Å². The van der Waals surface area contributed by atoms with Crippen molar-refractivity contribution < 1.29 is 24.5 Å². The first-order valence-electron chi connectivity index (χ1n) is 6.19. The van der Waals surface area contributed by atoms with Gasteiger partial charge in [-0.2, -0.15) is 0 Å². The van der Waals surface area contributed by atoms with E-state index in [1.165, 1.54) is 0 Å². The Kier molecular flexibility index (Phi) is 3.89. The number of carboxylic acids is 1. The van der Waals surface area contributed by atoms with Gasteiger partial charge in [-0.15, -0.1) is 0 Å². The molecule has 19 heavy (non-hydrogen) atoms. The summed E-state index contributed by atoms with van der Waals surface area (Å²) in [5.41, 5.74) is 0.885. The molecule has 0 saturated carbocycles. The van der Waals surface area contributed by atoms with Gasteiger partial charge in [0.1, 0.15) is 6.10 Å². The van der Waals surface area contributed by atoms with Crippen molar-refractivity contribution in [3.63, 3.8) is 0 Å². The van der Waals surface area contributed by atoms with E-state index in [0.29, 0.717) is 0 Å². The van der Waals surface area contributed by atoms with Crippen molar-refractivity contribution in [2.75, 3.05) is 0 Å². The average molecular weight is 266 g/mol. The maximum Gasteiger partial charge on any atom is 0.309 e. The van der Waals surface area contributed by atoms with Gasteiger partial charge in [-0.05, 0) is 25.8 Å². The van der Waals surface area contributed by atoms with Crippen LogP contribution < -0.4 is 0 Å². The fraction of sp³-hybridized carbons (Fsp3) is 0.500. The fourth-order valence-electron chi connectivity index (χ4n) is 2.26. The van der Waals surface area contributed by atoms with Gasteiger partial charge in [0.25, 0.3) is 0 Å². The largest absolute Gasteiger partial charge is 0.481 e. The van der Waals surface area contributed by atoms with E-state index < -0.39 is 30.1 Å². The monoisotopic (exact) mass is 266 g/mol. The lowest BCUT2D eigenvalue weighted by molar-refractivity contribution is -0.175. The highest BCUT2D eigenvalue weighted by molar-refractivity contribution is 5.71. The molecular formula is C14H18O5. The van der Waals surface area contributed by atoms with Crippen molar-refractivity contribution in [1.29, 1.82) is 0 Å². The summed E-state index contributed by atoms with van der Waals surface area (Å²) in [5, 5.41) is 19.1. The van der Waals surface area contributed by atoms with Crippen molar-refractivity contribution in [2.45, 2.75) is 38.4 Å². The standard InChI is InChI=1S/C14H18O5/c1-14(2)18-11(13(17)19-14)10(12(15)16)8-9-6-4-3-5-7-9/h3-7,10-11,13,17H,8H2,1-2H3,(H,15,16)/t10-,11+,13?/m0/s1. The average Bonchev–Trinajstić information content (AvgIpc) is 2.60. The number of carboxylic acid groups (broad SMARTS) is 1. The summed E-state index contributed by atoms with van der Waals surface area (Å²) in [5.74, 6) is -2.82. The second-order valence-electron chi connectivity index (χ2n) is 5.13. The number of rotatable bonds is 4. The lowest BCUT2D eigenvalue weighted by atomic mass is 9.93. The third kappa shape index (κ3) is 3.32. The highest BCUT2D eigenvalue weighted by Gasteiger charge is 2.46. The zero-order chi connectivity index (χ0) is 14.0. The maximum absolute atomic E-state index is 11.4. The van der Waals surface area contributed by atoms with Crippen molar-refractivity contribution in [1.82, 2.24) is 0 Å². The second kappa shape index (κ2) is 5.28. The summed E-state index contributed by atoms with van der Waals surface area (Å²) in [4.78, 5) is 11.4. The van der Waals surface area contributed by atoms with Crippen LogP contribution in [0.3, 0.4) is 0 Å². The van der Waals surface area contributed by atoms with Crippen LogP contribution in [0.25, 0.3) is 0 Å². The van der Waals surface area contributed by atoms with Crippen LogP contribution in [0.2, 0.25) is 0 Å². The Morgan fingerprint density at radius 3 is 2.42 bits per heavy atom. The van der Waals surface area contributed by atoms with E-state index in [1.54, 1.807) is 13.8 Å². The Labute approximate surface area is 111 Å². The van der Waals surface area contributed by atoms with E-state index >= 15 is 0 Å². The minimum atomic E-state index is -1.22. The molecule has 1 aromatic carbocycles. The molecule has 0 amide bonds. The van der Waals surface area contributed by atoms with Crippen LogP contribution in [0.1, 0.15) is 19.4 Å². The molecule has 104 valence electrons. The molecule has 2 rings (SSSR count). The topological polar surface area (TPSA) is 76.0 Å². The van der Waals surface area contributed by atoms with E-state index in [2.05, 4.69) is 0 Å². The quantitative estimate of drug-likeness (QED) is 0.861. The number of aliphatic hydroxyl groups is 1. The molecule has 2 N–H and O–H groups in total. The third-order valence-electron chi connectivity index (χ3n) is 3.12. The molecule has 1 fully saturated rings. The number of benzene rings is 1. The van der Waals surface area contributed by atoms with Crippen LogP contribution in [0.5, 0.6) is 0 Å². The Morgan fingerprint density at radius 2 is 1.95 bits per heavy atom. The van der Waals surface area contributed by atoms with Crippen molar-refractivity contribution in [3.8, 4) is 0 Å². The van der Waals surface area contributed by atoms with Crippen LogP contribution in [0, 0.1) is 5.92 Å². The zero-order valence-electron chi connectivity index (χ0n) is 10.9. The first-order chi connectivity index (χ1) is 8.89. The zero-order valence-corrected chi connectivity index (χ0v) is 10.9. The lowest BCUT2D eigenvalue weighted by Gasteiger charge is -2.21. The van der Waals surface area contributed by atoms with Gasteiger partial charge >= 0.3 is 5.97 Å². The summed E-state index contributed by atoms with van der Waals surface area (Å²) in [6.07, 6.45) is -1.80. The summed E-state index contributed by atoms with van der Waals surface area (Å²) in [6.45, 7) is 3.30. The van der Waals surface area contributed by atoms with Crippen LogP contribution in [0.15, 0.2) is 30.3 Å². The minimum Gasteiger partial charge on any atom is -0.481 e. The van der Waals surface area contributed by atoms with E-state index in [9.17, 15) is 15.0 Å². The molecule has 0 radical (unpaired) electrons. The molecule has 1 saturated heterocycles. The van der Waals surface area contributed by atoms with Gasteiger partial charge in [-0.25, -0.2) is 0 Å². The van der Waals surface area contributed by atoms with E-state index in [1.807, 2.05) is 30.3 Å². The molecule has 1 unspecified atom stereocenters. The molecule has 1 heterocycles. The molecule has 0 aliphatic carbocycles. The number of hydrogen-bond donors (Lipinski definition) is 2. The van der Waals surface area contributed by atoms with E-state index in [4.69, 9.17) is 9.47 Å². The lowest BCUT2D eigenvalue weighted by Crippen LogP contribution is -2.37. The van der Waals surface area contributed by atoms with Crippen LogP contribution in [0.4, 0.5) is 0 Å². The van der Waals surface area contributed by atoms with Crippen LogP contribution in [-0.2, 0) is 20.7 Å². The van der Waals surface area contributed by atoms with Crippen molar-refractivity contribution >= 4 is 5.97 Å². The number of aliphatic carboxylic acids is 1. The molecule has 3 atom stereocenters. The van der Waals surface area contributed by atoms with Crippen molar-refractivity contribution in [3.05, 3.63) is 35.9 Å². The van der Waals surface area contributed by atoms with Crippen LogP contribution in [-0.4, -0.2) is 34.4 Å². The van der Waals surface area contributed by atoms with Gasteiger partial charge in [0.2, 0.25) is 0 Å². The molecule has 0 bridgehead atoms. The molecule has 1 aliphatic rings. The van der Waals surface area contributed by atoms with Gasteiger partial charge in [-0.1, -0.05) is 30.3 Å². The molecular weight excluding hydrogens is 248 g/mol. The summed E-state index contributed by atoms with van der Waals surface area (Å²) >= 11 is 0. The highest BCUT2D eigenvalue weighted by Crippen LogP contribution is 2.32. The third-order valence-corrected chi connectivity index (χ3v) is 3.12. The second-order valence-corrected chi connectivity index (χ2v) is 5.13. The fourth-order valence-corrected chi connectivity index (χ4v) is 2.26. The Bertz CT molecular complexity index is 442. The number of carbonyl (C=O) groups is 1. The molecule has 0 aromatic heterocycles. The predicted molar refractivity (Wildman–Crippen MR) is 67.3 cm³/mol. The number of ether oxygens (including phenoxy) is 2. The van der Waals surface area contributed by atoms with E-state index in [-0.39, 0.29) is 6.42 Å². The van der Waals surface area contributed by atoms with Gasteiger partial charge in [0, 0.05) is 0 Å². The van der Waals surface area contributed by atoms with Crippen LogP contribution >= 0.6 is 0 Å². The van der Waals surface area contributed by atoms with E-state index in [0.717, 1.165) is 5.56 Å². The summed E-state index contributed by atoms with van der Waals surface area (Å²) in [7, 11) is 0. The van der Waals surface area contributed by atoms with Crippen molar-refractivity contribution in [2.24, 2.45) is 5.92 Å². The predicted octanol–water partition coefficient (Wildman–Crippen LogP) is 1.40. The molecule has 5 heteroatoms. The normalized spacial score (nSPS) is 27.1. The maximum atomic E-state index is 11.4. The Balaban J connectivity index is 2.15. The Morgan fingerprint density at radius 1 is 1.32 bits per heavy atom. The minimum absolute atomic E-state index is 0.289. The van der Waals surface area contributed by atoms with Gasteiger partial charge in [0.05, 0.1) is 5.92 Å². The molecule has 1 aliphatic heterocycles. The number of aliphatic hydroxyl groups excluding tert-OH is 1. The summed E-state index contributed by atoms with van der Waals surface area (Å²) < 4.78 is 10.7. The molecule has 1 aromatic rings.